The summed E-state index contributed by atoms with van der Waals surface area (Å²) in [4.78, 5) is 21.6. The summed E-state index contributed by atoms with van der Waals surface area (Å²) in [6.07, 6.45) is 1.59. The van der Waals surface area contributed by atoms with Crippen molar-refractivity contribution in [3.63, 3.8) is 0 Å². The number of carbonyl (C=O) groups is 1. The molecular formula is C22H29FN4O. The van der Waals surface area contributed by atoms with Crippen LogP contribution in [0.4, 0.5) is 10.2 Å². The van der Waals surface area contributed by atoms with Gasteiger partial charge in [0.15, 0.2) is 0 Å². The van der Waals surface area contributed by atoms with Crippen molar-refractivity contribution in [2.24, 2.45) is 0 Å². The Balaban J connectivity index is 1.82. The molecule has 3 rings (SSSR count). The van der Waals surface area contributed by atoms with Gasteiger partial charge in [0, 0.05) is 57.4 Å². The van der Waals surface area contributed by atoms with Crippen molar-refractivity contribution in [1.82, 2.24) is 15.2 Å². The van der Waals surface area contributed by atoms with E-state index in [1.54, 1.807) is 6.07 Å². The number of benzene rings is 1. The second-order valence-corrected chi connectivity index (χ2v) is 7.86. The number of pyridine rings is 1. The summed E-state index contributed by atoms with van der Waals surface area (Å²) < 4.78 is 14.0. The van der Waals surface area contributed by atoms with E-state index in [4.69, 9.17) is 4.98 Å². The highest BCUT2D eigenvalue weighted by atomic mass is 19.1. The number of fused-ring (bicyclic) bond motifs is 1. The molecule has 0 aliphatic carbocycles. The Kier molecular flexibility index (Phi) is 6.29. The van der Waals surface area contributed by atoms with E-state index in [1.807, 2.05) is 51.0 Å². The number of nitrogens with one attached hydrogen (secondary N) is 1. The van der Waals surface area contributed by atoms with E-state index in [0.29, 0.717) is 23.5 Å². The first-order valence-corrected chi connectivity index (χ1v) is 9.82. The molecule has 0 saturated carbocycles. The van der Waals surface area contributed by atoms with Gasteiger partial charge < -0.3 is 10.2 Å². The van der Waals surface area contributed by atoms with Crippen molar-refractivity contribution in [2.45, 2.75) is 39.3 Å². The van der Waals surface area contributed by atoms with Crippen LogP contribution in [0.25, 0.3) is 0 Å². The van der Waals surface area contributed by atoms with Gasteiger partial charge in [-0.15, -0.1) is 0 Å². The topological polar surface area (TPSA) is 48.5 Å². The van der Waals surface area contributed by atoms with Gasteiger partial charge in [-0.1, -0.05) is 18.2 Å². The molecule has 1 aromatic carbocycles. The summed E-state index contributed by atoms with van der Waals surface area (Å²) in [5.74, 6) is 0.436. The second kappa shape index (κ2) is 8.69. The minimum absolute atomic E-state index is 0.0672. The van der Waals surface area contributed by atoms with Gasteiger partial charge in [0.25, 0.3) is 5.91 Å². The van der Waals surface area contributed by atoms with E-state index in [2.05, 4.69) is 10.2 Å². The van der Waals surface area contributed by atoms with Crippen LogP contribution in [0.1, 0.15) is 41.0 Å². The number of carbonyl (C=O) groups excluding carboxylic acids is 1. The van der Waals surface area contributed by atoms with E-state index in [0.717, 1.165) is 37.2 Å². The Labute approximate surface area is 166 Å². The molecule has 1 amide bonds. The molecule has 2 heterocycles. The largest absolute Gasteiger partial charge is 0.362 e. The average Bonchev–Trinajstić information content (AvgIpc) is 2.84. The van der Waals surface area contributed by atoms with Crippen molar-refractivity contribution in [3.05, 3.63) is 58.5 Å². The maximum atomic E-state index is 14.0. The van der Waals surface area contributed by atoms with Crippen molar-refractivity contribution in [1.29, 1.82) is 0 Å². The van der Waals surface area contributed by atoms with Crippen LogP contribution in [0, 0.1) is 5.82 Å². The smallest absolute Gasteiger partial charge is 0.255 e. The third-order valence-corrected chi connectivity index (χ3v) is 4.97. The zero-order chi connectivity index (χ0) is 20.3. The molecule has 1 N–H and O–H groups in total. The average molecular weight is 384 g/mol. The fraction of sp³-hybridized carbons (Fsp3) is 0.455. The van der Waals surface area contributed by atoms with Crippen molar-refractivity contribution >= 4 is 11.7 Å². The van der Waals surface area contributed by atoms with Crippen molar-refractivity contribution in [3.8, 4) is 0 Å². The van der Waals surface area contributed by atoms with Gasteiger partial charge in [-0.2, -0.15) is 0 Å². The molecule has 150 valence electrons. The van der Waals surface area contributed by atoms with Crippen molar-refractivity contribution < 1.29 is 9.18 Å². The number of amides is 1. The molecule has 0 unspecified atom stereocenters. The highest BCUT2D eigenvalue weighted by Gasteiger charge is 2.22. The molecule has 2 aromatic rings. The first-order chi connectivity index (χ1) is 13.3. The van der Waals surface area contributed by atoms with Crippen LogP contribution in [-0.4, -0.2) is 49.0 Å². The van der Waals surface area contributed by atoms with Gasteiger partial charge in [-0.3, -0.25) is 9.69 Å². The molecule has 5 nitrogen and oxygen atoms in total. The molecule has 0 atom stereocenters. The predicted molar refractivity (Wildman–Crippen MR) is 110 cm³/mol. The third-order valence-electron chi connectivity index (χ3n) is 4.97. The molecule has 1 aliphatic rings. The molecule has 0 bridgehead atoms. The Morgan fingerprint density at radius 1 is 1.25 bits per heavy atom. The maximum absolute atomic E-state index is 14.0. The number of hydrogen-bond donors (Lipinski definition) is 1. The minimum Gasteiger partial charge on any atom is -0.362 e. The van der Waals surface area contributed by atoms with Gasteiger partial charge >= 0.3 is 0 Å². The summed E-state index contributed by atoms with van der Waals surface area (Å²) >= 11 is 0. The van der Waals surface area contributed by atoms with Gasteiger partial charge in [-0.25, -0.2) is 9.37 Å². The molecule has 6 heteroatoms. The highest BCUT2D eigenvalue weighted by molar-refractivity contribution is 5.99. The molecule has 0 fully saturated rings. The zero-order valence-electron chi connectivity index (χ0n) is 17.1. The minimum atomic E-state index is -0.162. The standard InChI is InChI=1S/C22H29FN4O/c1-15(2)24-22(28)18-13-16-9-11-27(14-17-7-5-6-8-19(17)23)12-10-20(16)25-21(18)26(3)4/h5-8,13,15H,9-12,14H2,1-4H3,(H,24,28). The van der Waals surface area contributed by atoms with Crippen LogP contribution in [0.5, 0.6) is 0 Å². The van der Waals surface area contributed by atoms with Crippen molar-refractivity contribution in [2.75, 3.05) is 32.1 Å². The van der Waals surface area contributed by atoms with Gasteiger partial charge in [0.1, 0.15) is 11.6 Å². The quantitative estimate of drug-likeness (QED) is 0.861. The first kappa shape index (κ1) is 20.3. The van der Waals surface area contributed by atoms with Gasteiger partial charge in [-0.05, 0) is 38.0 Å². The van der Waals surface area contributed by atoms with Crippen LogP contribution >= 0.6 is 0 Å². The SMILES string of the molecule is CC(C)NC(=O)c1cc2c(nc1N(C)C)CCN(Cc1ccccc1F)CC2. The number of hydrogen-bond acceptors (Lipinski definition) is 4. The summed E-state index contributed by atoms with van der Waals surface area (Å²) in [6, 6.07) is 8.99. The lowest BCUT2D eigenvalue weighted by Crippen LogP contribution is -2.32. The molecular weight excluding hydrogens is 355 g/mol. The second-order valence-electron chi connectivity index (χ2n) is 7.86. The monoisotopic (exact) mass is 384 g/mol. The Bertz CT molecular complexity index is 850. The van der Waals surface area contributed by atoms with Crippen LogP contribution < -0.4 is 10.2 Å². The summed E-state index contributed by atoms with van der Waals surface area (Å²) in [5, 5.41) is 2.97. The molecule has 0 radical (unpaired) electrons. The van der Waals surface area contributed by atoms with E-state index in [1.165, 1.54) is 6.07 Å². The summed E-state index contributed by atoms with van der Waals surface area (Å²) in [7, 11) is 3.81. The Morgan fingerprint density at radius 3 is 2.64 bits per heavy atom. The Hall–Kier alpha value is -2.47. The maximum Gasteiger partial charge on any atom is 0.255 e. The molecule has 0 spiro atoms. The predicted octanol–water partition coefficient (Wildman–Crippen LogP) is 3.03. The van der Waals surface area contributed by atoms with Gasteiger partial charge in [0.05, 0.1) is 5.56 Å². The van der Waals surface area contributed by atoms with E-state index >= 15 is 0 Å². The molecule has 1 aromatic heterocycles. The zero-order valence-corrected chi connectivity index (χ0v) is 17.1. The molecule has 28 heavy (non-hydrogen) atoms. The summed E-state index contributed by atoms with van der Waals surface area (Å²) in [6.45, 7) is 6.12. The summed E-state index contributed by atoms with van der Waals surface area (Å²) in [5.41, 5.74) is 3.46. The van der Waals surface area contributed by atoms with E-state index in [9.17, 15) is 9.18 Å². The fourth-order valence-electron chi connectivity index (χ4n) is 3.54. The number of aromatic nitrogens is 1. The number of halogens is 1. The lowest BCUT2D eigenvalue weighted by Gasteiger charge is -2.19. The van der Waals surface area contributed by atoms with Gasteiger partial charge in [0.2, 0.25) is 0 Å². The van der Waals surface area contributed by atoms with E-state index < -0.39 is 0 Å². The normalized spacial score (nSPS) is 14.5. The number of anilines is 1. The highest BCUT2D eigenvalue weighted by Crippen LogP contribution is 2.24. The van der Waals surface area contributed by atoms with Crippen LogP contribution in [0.15, 0.2) is 30.3 Å². The van der Waals surface area contributed by atoms with E-state index in [-0.39, 0.29) is 17.8 Å². The number of nitrogens with zero attached hydrogens (tertiary/aromatic N) is 3. The lowest BCUT2D eigenvalue weighted by atomic mass is 10.0. The first-order valence-electron chi connectivity index (χ1n) is 9.82. The van der Waals surface area contributed by atoms with Crippen LogP contribution in [-0.2, 0) is 19.4 Å². The number of rotatable bonds is 5. The van der Waals surface area contributed by atoms with Crippen LogP contribution in [0.2, 0.25) is 0 Å². The third kappa shape index (κ3) is 4.68. The molecule has 0 saturated heterocycles. The van der Waals surface area contributed by atoms with Crippen LogP contribution in [0.3, 0.4) is 0 Å². The fourth-order valence-corrected chi connectivity index (χ4v) is 3.54. The Morgan fingerprint density at radius 2 is 1.96 bits per heavy atom. The lowest BCUT2D eigenvalue weighted by molar-refractivity contribution is 0.0943. The molecule has 1 aliphatic heterocycles.